The van der Waals surface area contributed by atoms with Gasteiger partial charge in [-0.25, -0.2) is 8.42 Å². The molecule has 5 nitrogen and oxygen atoms in total. The lowest BCUT2D eigenvalue weighted by Gasteiger charge is -2.06. The van der Waals surface area contributed by atoms with Crippen molar-refractivity contribution in [2.75, 3.05) is 16.8 Å². The van der Waals surface area contributed by atoms with Gasteiger partial charge in [-0.05, 0) is 19.1 Å². The second kappa shape index (κ2) is 6.16. The highest BCUT2D eigenvalue weighted by molar-refractivity contribution is 7.92. The molecule has 0 spiro atoms. The zero-order chi connectivity index (χ0) is 14.5. The van der Waals surface area contributed by atoms with Crippen molar-refractivity contribution in [2.45, 2.75) is 6.92 Å². The molecule has 0 bridgehead atoms. The molecule has 0 atom stereocenters. The maximum absolute atomic E-state index is 11.5. The number of anilines is 1. The van der Waals surface area contributed by atoms with Gasteiger partial charge in [-0.2, -0.15) is 0 Å². The molecule has 0 aliphatic rings. The van der Waals surface area contributed by atoms with Crippen LogP contribution in [0.15, 0.2) is 24.3 Å². The second-order valence-electron chi connectivity index (χ2n) is 3.92. The highest BCUT2D eigenvalue weighted by Crippen LogP contribution is 2.11. The number of benzene rings is 1. The van der Waals surface area contributed by atoms with Crippen molar-refractivity contribution >= 4 is 27.2 Å². The Hall–Kier alpha value is -2.13. The number of carbonyl (C=O) groups excluding carboxylic acids is 2. The van der Waals surface area contributed by atoms with Gasteiger partial charge < -0.3 is 5.32 Å². The van der Waals surface area contributed by atoms with Crippen LogP contribution in [0.4, 0.5) is 5.69 Å². The standard InChI is InChI=1S/C13H13NO4S/c1-3-7-19(17,18)9-13(16)14-12-6-4-5-11(8-12)10(2)15/h1,4-6,8H,7,9H2,2H3,(H,14,16). The summed E-state index contributed by atoms with van der Waals surface area (Å²) in [5.41, 5.74) is 0.804. The van der Waals surface area contributed by atoms with Gasteiger partial charge in [-0.3, -0.25) is 9.59 Å². The quantitative estimate of drug-likeness (QED) is 0.641. The second-order valence-corrected chi connectivity index (χ2v) is 5.99. The first-order chi connectivity index (χ1) is 8.84. The Labute approximate surface area is 111 Å². The normalized spacial score (nSPS) is 10.5. The van der Waals surface area contributed by atoms with Crippen molar-refractivity contribution in [1.82, 2.24) is 0 Å². The Kier molecular flexibility index (Phi) is 4.84. The average Bonchev–Trinajstić information content (AvgIpc) is 2.27. The molecule has 1 amide bonds. The Balaban J connectivity index is 2.76. The smallest absolute Gasteiger partial charge is 0.239 e. The molecule has 1 aromatic carbocycles. The molecule has 1 N–H and O–H groups in total. The van der Waals surface area contributed by atoms with Gasteiger partial charge in [0.15, 0.2) is 15.6 Å². The third-order valence-electron chi connectivity index (χ3n) is 2.21. The summed E-state index contributed by atoms with van der Waals surface area (Å²) in [4.78, 5) is 22.7. The molecule has 0 saturated carbocycles. The first-order valence-corrected chi connectivity index (χ1v) is 7.21. The number of nitrogens with one attached hydrogen (secondary N) is 1. The van der Waals surface area contributed by atoms with E-state index < -0.39 is 27.3 Å². The number of Topliss-reactive ketones (excluding diaryl/α,β-unsaturated/α-hetero) is 1. The van der Waals surface area contributed by atoms with Crippen molar-refractivity contribution in [3.05, 3.63) is 29.8 Å². The van der Waals surface area contributed by atoms with Gasteiger partial charge in [0.05, 0.1) is 0 Å². The van der Waals surface area contributed by atoms with Crippen molar-refractivity contribution in [2.24, 2.45) is 0 Å². The summed E-state index contributed by atoms with van der Waals surface area (Å²) in [6.07, 6.45) is 4.90. The lowest BCUT2D eigenvalue weighted by Crippen LogP contribution is -2.24. The van der Waals surface area contributed by atoms with E-state index in [1.54, 1.807) is 18.2 Å². The van der Waals surface area contributed by atoms with Crippen LogP contribution in [0, 0.1) is 12.3 Å². The van der Waals surface area contributed by atoms with Gasteiger partial charge in [0.1, 0.15) is 11.5 Å². The molecule has 6 heteroatoms. The molecular weight excluding hydrogens is 266 g/mol. The van der Waals surface area contributed by atoms with E-state index in [1.165, 1.54) is 13.0 Å². The summed E-state index contributed by atoms with van der Waals surface area (Å²) >= 11 is 0. The molecule has 1 rings (SSSR count). The lowest BCUT2D eigenvalue weighted by molar-refractivity contribution is -0.113. The molecule has 0 heterocycles. The van der Waals surface area contributed by atoms with Crippen LogP contribution < -0.4 is 5.32 Å². The molecule has 0 unspecified atom stereocenters. The van der Waals surface area contributed by atoms with Gasteiger partial charge in [0, 0.05) is 11.3 Å². The Bertz CT molecular complexity index is 641. The largest absolute Gasteiger partial charge is 0.325 e. The van der Waals surface area contributed by atoms with E-state index in [-0.39, 0.29) is 5.78 Å². The maximum atomic E-state index is 11.5. The average molecular weight is 279 g/mol. The van der Waals surface area contributed by atoms with E-state index in [9.17, 15) is 18.0 Å². The zero-order valence-electron chi connectivity index (χ0n) is 10.3. The van der Waals surface area contributed by atoms with Crippen molar-refractivity contribution in [3.63, 3.8) is 0 Å². The summed E-state index contributed by atoms with van der Waals surface area (Å²) in [5, 5.41) is 2.41. The fraction of sp³-hybridized carbons (Fsp3) is 0.231. The van der Waals surface area contributed by atoms with E-state index in [0.717, 1.165) is 0 Å². The van der Waals surface area contributed by atoms with Crippen LogP contribution in [0.2, 0.25) is 0 Å². The number of carbonyl (C=O) groups is 2. The third-order valence-corrected chi connectivity index (χ3v) is 3.52. The molecule has 0 radical (unpaired) electrons. The molecule has 0 fully saturated rings. The summed E-state index contributed by atoms with van der Waals surface area (Å²) in [6, 6.07) is 6.25. The summed E-state index contributed by atoms with van der Waals surface area (Å²) < 4.78 is 22.7. The first kappa shape index (κ1) is 14.9. The monoisotopic (exact) mass is 279 g/mol. The Morgan fingerprint density at radius 2 is 2.05 bits per heavy atom. The van der Waals surface area contributed by atoms with E-state index in [1.807, 2.05) is 5.92 Å². The summed E-state index contributed by atoms with van der Waals surface area (Å²) in [7, 11) is -3.59. The van der Waals surface area contributed by atoms with Crippen molar-refractivity contribution in [1.29, 1.82) is 0 Å². The lowest BCUT2D eigenvalue weighted by atomic mass is 10.1. The fourth-order valence-corrected chi connectivity index (χ4v) is 2.22. The molecule has 0 aliphatic carbocycles. The van der Waals surface area contributed by atoms with E-state index in [2.05, 4.69) is 5.32 Å². The zero-order valence-corrected chi connectivity index (χ0v) is 11.2. The Morgan fingerprint density at radius 1 is 1.37 bits per heavy atom. The minimum Gasteiger partial charge on any atom is -0.325 e. The molecule has 0 aromatic heterocycles. The first-order valence-electron chi connectivity index (χ1n) is 5.39. The number of rotatable bonds is 5. The number of hydrogen-bond donors (Lipinski definition) is 1. The van der Waals surface area contributed by atoms with Crippen molar-refractivity contribution in [3.8, 4) is 12.3 Å². The van der Waals surface area contributed by atoms with Crippen LogP contribution in [-0.4, -0.2) is 31.6 Å². The summed E-state index contributed by atoms with van der Waals surface area (Å²) in [5.74, 6) is 0.00444. The number of sulfone groups is 1. The topological polar surface area (TPSA) is 80.3 Å². The van der Waals surface area contributed by atoms with Crippen LogP contribution in [-0.2, 0) is 14.6 Å². The summed E-state index contributed by atoms with van der Waals surface area (Å²) in [6.45, 7) is 1.40. The molecule has 1 aromatic rings. The maximum Gasteiger partial charge on any atom is 0.239 e. The van der Waals surface area contributed by atoms with Crippen LogP contribution in [0.3, 0.4) is 0 Å². The van der Waals surface area contributed by atoms with E-state index in [4.69, 9.17) is 6.42 Å². The van der Waals surface area contributed by atoms with E-state index >= 15 is 0 Å². The molecule has 0 saturated heterocycles. The third kappa shape index (κ3) is 4.94. The number of hydrogen-bond acceptors (Lipinski definition) is 4. The fourth-order valence-electron chi connectivity index (χ4n) is 1.39. The number of terminal acetylenes is 1. The minimum absolute atomic E-state index is 0.143. The highest BCUT2D eigenvalue weighted by atomic mass is 32.2. The molecule has 100 valence electrons. The van der Waals surface area contributed by atoms with Gasteiger partial charge in [0.2, 0.25) is 5.91 Å². The van der Waals surface area contributed by atoms with E-state index in [0.29, 0.717) is 11.3 Å². The van der Waals surface area contributed by atoms with Crippen LogP contribution in [0.1, 0.15) is 17.3 Å². The molecule has 0 aliphatic heterocycles. The van der Waals surface area contributed by atoms with Crippen LogP contribution >= 0.6 is 0 Å². The SMILES string of the molecule is C#CCS(=O)(=O)CC(=O)Nc1cccc(C(C)=O)c1. The van der Waals surface area contributed by atoms with Crippen molar-refractivity contribution < 1.29 is 18.0 Å². The highest BCUT2D eigenvalue weighted by Gasteiger charge is 2.15. The van der Waals surface area contributed by atoms with Gasteiger partial charge in [-0.15, -0.1) is 6.42 Å². The van der Waals surface area contributed by atoms with Gasteiger partial charge >= 0.3 is 0 Å². The van der Waals surface area contributed by atoms with Gasteiger partial charge in [-0.1, -0.05) is 18.1 Å². The molecule has 19 heavy (non-hydrogen) atoms. The minimum atomic E-state index is -3.59. The number of ketones is 1. The molecular formula is C13H13NO4S. The van der Waals surface area contributed by atoms with Gasteiger partial charge in [0.25, 0.3) is 0 Å². The predicted molar refractivity (Wildman–Crippen MR) is 72.6 cm³/mol. The number of amides is 1. The Morgan fingerprint density at radius 3 is 2.63 bits per heavy atom. The van der Waals surface area contributed by atoms with Crippen LogP contribution in [0.5, 0.6) is 0 Å². The predicted octanol–water partition coefficient (Wildman–Crippen LogP) is 0.876. The van der Waals surface area contributed by atoms with Crippen LogP contribution in [0.25, 0.3) is 0 Å².